The summed E-state index contributed by atoms with van der Waals surface area (Å²) in [5.74, 6) is 0. The number of benzene rings is 1. The second-order valence-corrected chi connectivity index (χ2v) is 3.29. The summed E-state index contributed by atoms with van der Waals surface area (Å²) in [5.41, 5.74) is 5.43. The molecule has 0 heterocycles. The molecular formula is C11H13NO. The Kier molecular flexibility index (Phi) is 2.64. The maximum atomic E-state index is 10.1. The first kappa shape index (κ1) is 9.69. The molecule has 0 aliphatic carbocycles. The van der Waals surface area contributed by atoms with Gasteiger partial charge in [-0.1, -0.05) is 0 Å². The number of aliphatic imine (C=N–C) groups is 1. The Labute approximate surface area is 78.3 Å². The van der Waals surface area contributed by atoms with Gasteiger partial charge in [0.15, 0.2) is 0 Å². The fraction of sp³-hybridized carbons (Fsp3) is 0.364. The van der Waals surface area contributed by atoms with Crippen LogP contribution in [0.1, 0.15) is 22.3 Å². The van der Waals surface area contributed by atoms with Gasteiger partial charge in [-0.2, -0.15) is 4.99 Å². The molecule has 0 aromatic heterocycles. The molecule has 1 aromatic carbocycles. The lowest BCUT2D eigenvalue weighted by Gasteiger charge is -2.09. The average Bonchev–Trinajstić information content (AvgIpc) is 2.11. The zero-order valence-electron chi connectivity index (χ0n) is 8.43. The molecule has 1 rings (SSSR count). The maximum absolute atomic E-state index is 10.1. The molecule has 0 saturated heterocycles. The van der Waals surface area contributed by atoms with Crippen molar-refractivity contribution in [3.8, 4) is 0 Å². The summed E-state index contributed by atoms with van der Waals surface area (Å²) in [5, 5.41) is 0. The molecular weight excluding hydrogens is 162 g/mol. The third-order valence-corrected chi connectivity index (χ3v) is 2.62. The van der Waals surface area contributed by atoms with Crippen LogP contribution in [0, 0.1) is 27.7 Å². The van der Waals surface area contributed by atoms with E-state index in [9.17, 15) is 4.79 Å². The second kappa shape index (κ2) is 3.55. The van der Waals surface area contributed by atoms with Crippen LogP contribution in [-0.4, -0.2) is 6.08 Å². The molecule has 13 heavy (non-hydrogen) atoms. The molecule has 0 aliphatic rings. The largest absolute Gasteiger partial charge is 0.240 e. The van der Waals surface area contributed by atoms with Crippen molar-refractivity contribution < 1.29 is 4.79 Å². The number of nitrogens with zero attached hydrogens (tertiary/aromatic N) is 1. The van der Waals surface area contributed by atoms with Crippen molar-refractivity contribution in [2.75, 3.05) is 0 Å². The van der Waals surface area contributed by atoms with E-state index in [4.69, 9.17) is 0 Å². The molecule has 0 fully saturated rings. The van der Waals surface area contributed by atoms with Gasteiger partial charge in [0.05, 0.1) is 5.69 Å². The van der Waals surface area contributed by atoms with Crippen LogP contribution >= 0.6 is 0 Å². The highest BCUT2D eigenvalue weighted by atomic mass is 16.1. The molecule has 0 atom stereocenters. The van der Waals surface area contributed by atoms with E-state index in [1.54, 1.807) is 6.08 Å². The zero-order valence-corrected chi connectivity index (χ0v) is 8.43. The van der Waals surface area contributed by atoms with Crippen molar-refractivity contribution in [2.24, 2.45) is 4.99 Å². The molecule has 0 bridgehead atoms. The smallest absolute Gasteiger partial charge is 0.211 e. The first-order valence-electron chi connectivity index (χ1n) is 4.23. The molecule has 0 radical (unpaired) electrons. The van der Waals surface area contributed by atoms with Gasteiger partial charge in [-0.05, 0) is 56.0 Å². The second-order valence-electron chi connectivity index (χ2n) is 3.29. The quantitative estimate of drug-likeness (QED) is 0.476. The van der Waals surface area contributed by atoms with Gasteiger partial charge in [0, 0.05) is 0 Å². The van der Waals surface area contributed by atoms with Crippen molar-refractivity contribution in [1.29, 1.82) is 0 Å². The zero-order chi connectivity index (χ0) is 10.0. The van der Waals surface area contributed by atoms with E-state index >= 15 is 0 Å². The first-order valence-corrected chi connectivity index (χ1v) is 4.23. The Balaban J connectivity index is 3.49. The van der Waals surface area contributed by atoms with Crippen LogP contribution in [0.4, 0.5) is 5.69 Å². The van der Waals surface area contributed by atoms with Crippen LogP contribution in [0.5, 0.6) is 0 Å². The molecule has 2 heteroatoms. The number of hydrogen-bond donors (Lipinski definition) is 0. The van der Waals surface area contributed by atoms with Crippen LogP contribution in [0.15, 0.2) is 11.1 Å². The average molecular weight is 175 g/mol. The van der Waals surface area contributed by atoms with Crippen LogP contribution in [-0.2, 0) is 4.79 Å². The predicted octanol–water partition coefficient (Wildman–Crippen LogP) is 2.89. The number of aryl methyl sites for hydroxylation is 1. The highest BCUT2D eigenvalue weighted by Gasteiger charge is 2.05. The van der Waals surface area contributed by atoms with Crippen molar-refractivity contribution >= 4 is 11.8 Å². The van der Waals surface area contributed by atoms with Gasteiger partial charge in [0.1, 0.15) is 0 Å². The normalized spacial score (nSPS) is 9.54. The third kappa shape index (κ3) is 1.68. The van der Waals surface area contributed by atoms with E-state index in [1.807, 2.05) is 26.8 Å². The summed E-state index contributed by atoms with van der Waals surface area (Å²) < 4.78 is 0. The van der Waals surface area contributed by atoms with E-state index in [-0.39, 0.29) is 0 Å². The van der Waals surface area contributed by atoms with Gasteiger partial charge < -0.3 is 0 Å². The van der Waals surface area contributed by atoms with E-state index in [0.717, 1.165) is 16.8 Å². The number of isocyanates is 1. The Morgan fingerprint density at radius 1 is 1.08 bits per heavy atom. The topological polar surface area (TPSA) is 29.4 Å². The van der Waals surface area contributed by atoms with Crippen molar-refractivity contribution in [2.45, 2.75) is 27.7 Å². The van der Waals surface area contributed by atoms with Crippen molar-refractivity contribution in [3.63, 3.8) is 0 Å². The van der Waals surface area contributed by atoms with Gasteiger partial charge in [-0.15, -0.1) is 0 Å². The first-order chi connectivity index (χ1) is 6.07. The minimum absolute atomic E-state index is 0.732. The molecule has 0 amide bonds. The summed E-state index contributed by atoms with van der Waals surface area (Å²) in [7, 11) is 0. The molecule has 68 valence electrons. The van der Waals surface area contributed by atoms with Gasteiger partial charge in [0.2, 0.25) is 6.08 Å². The molecule has 0 saturated carbocycles. The summed E-state index contributed by atoms with van der Waals surface area (Å²) in [4.78, 5) is 13.8. The van der Waals surface area contributed by atoms with Gasteiger partial charge in [-0.3, -0.25) is 0 Å². The van der Waals surface area contributed by atoms with Gasteiger partial charge in [0.25, 0.3) is 0 Å². The van der Waals surface area contributed by atoms with Crippen molar-refractivity contribution in [1.82, 2.24) is 0 Å². The van der Waals surface area contributed by atoms with Crippen molar-refractivity contribution in [3.05, 3.63) is 28.3 Å². The van der Waals surface area contributed by atoms with Gasteiger partial charge in [-0.25, -0.2) is 4.79 Å². The molecule has 0 spiro atoms. The van der Waals surface area contributed by atoms with Crippen LogP contribution in [0.2, 0.25) is 0 Å². The minimum Gasteiger partial charge on any atom is -0.211 e. The molecule has 1 aromatic rings. The van der Waals surface area contributed by atoms with E-state index in [1.165, 1.54) is 11.1 Å². The number of rotatable bonds is 1. The Morgan fingerprint density at radius 2 is 1.69 bits per heavy atom. The molecule has 2 nitrogen and oxygen atoms in total. The minimum atomic E-state index is 0.732. The monoisotopic (exact) mass is 175 g/mol. The summed E-state index contributed by atoms with van der Waals surface area (Å²) in [6, 6.07) is 1.92. The lowest BCUT2D eigenvalue weighted by molar-refractivity contribution is 0.565. The highest BCUT2D eigenvalue weighted by molar-refractivity contribution is 5.59. The molecule has 0 unspecified atom stereocenters. The number of carbonyl (C=O) groups excluding carboxylic acids is 1. The SMILES string of the molecule is Cc1cc(N=C=O)c(C)c(C)c1C. The standard InChI is InChI=1S/C11H13NO/c1-7-5-11(12-6-13)10(4)9(3)8(7)2/h5H,1-4H3. The predicted molar refractivity (Wildman–Crippen MR) is 53.2 cm³/mol. The van der Waals surface area contributed by atoms with E-state index in [2.05, 4.69) is 11.9 Å². The van der Waals surface area contributed by atoms with E-state index in [0.29, 0.717) is 0 Å². The maximum Gasteiger partial charge on any atom is 0.240 e. The number of hydrogen-bond acceptors (Lipinski definition) is 2. The fourth-order valence-electron chi connectivity index (χ4n) is 1.36. The lowest BCUT2D eigenvalue weighted by atomic mass is 9.98. The Bertz CT molecular complexity index is 388. The van der Waals surface area contributed by atoms with E-state index < -0.39 is 0 Å². The molecule has 0 N–H and O–H groups in total. The lowest BCUT2D eigenvalue weighted by Crippen LogP contribution is -1.90. The van der Waals surface area contributed by atoms with Crippen LogP contribution < -0.4 is 0 Å². The van der Waals surface area contributed by atoms with Crippen LogP contribution in [0.3, 0.4) is 0 Å². The molecule has 0 aliphatic heterocycles. The summed E-state index contributed by atoms with van der Waals surface area (Å²) in [6.45, 7) is 8.11. The third-order valence-electron chi connectivity index (χ3n) is 2.62. The van der Waals surface area contributed by atoms with Crippen LogP contribution in [0.25, 0.3) is 0 Å². The summed E-state index contributed by atoms with van der Waals surface area (Å²) >= 11 is 0. The Hall–Kier alpha value is -1.40. The Morgan fingerprint density at radius 3 is 2.23 bits per heavy atom. The summed E-state index contributed by atoms with van der Waals surface area (Å²) in [6.07, 6.45) is 1.57. The fourth-order valence-corrected chi connectivity index (χ4v) is 1.36. The highest BCUT2D eigenvalue weighted by Crippen LogP contribution is 2.26. The van der Waals surface area contributed by atoms with Gasteiger partial charge >= 0.3 is 0 Å².